The van der Waals surface area contributed by atoms with Gasteiger partial charge in [-0.15, -0.1) is 0 Å². The van der Waals surface area contributed by atoms with Gasteiger partial charge in [0.15, 0.2) is 0 Å². The number of hydrogen-bond donors (Lipinski definition) is 4. The predicted molar refractivity (Wildman–Crippen MR) is 86.1 cm³/mol. The van der Waals surface area contributed by atoms with Crippen molar-refractivity contribution < 1.29 is 5.21 Å². The Morgan fingerprint density at radius 2 is 2.05 bits per heavy atom. The highest BCUT2D eigenvalue weighted by molar-refractivity contribution is 9.11. The van der Waals surface area contributed by atoms with Gasteiger partial charge in [0.2, 0.25) is 0 Å². The van der Waals surface area contributed by atoms with Crippen LogP contribution in [0.1, 0.15) is 11.6 Å². The Bertz CT molecular complexity index is 577. The van der Waals surface area contributed by atoms with Crippen molar-refractivity contribution in [3.63, 3.8) is 0 Å². The largest absolute Gasteiger partial charge is 0.339 e. The number of nitrogens with two attached hydrogens (primary N) is 1. The summed E-state index contributed by atoms with van der Waals surface area (Å²) in [5, 5.41) is 11.8. The molecule has 0 fully saturated rings. The number of rotatable bonds is 5. The third-order valence-corrected chi connectivity index (χ3v) is 3.90. The minimum Gasteiger partial charge on any atom is -0.339 e. The minimum absolute atomic E-state index is 0.283. The van der Waals surface area contributed by atoms with Crippen LogP contribution in [0.5, 0.6) is 0 Å². The molecule has 1 unspecified atom stereocenters. The smallest absolute Gasteiger partial charge is 0.130 e. The standard InChI is InChI=1S/C13H14Br2N4O/c14-9-2-3-10(15)12(5-9)19-13-4-1-8(6-17-13)11(16)7-18-20/h1-6,11,18,20H,7,16H2,(H,17,19). The zero-order chi connectivity index (χ0) is 14.5. The van der Waals surface area contributed by atoms with E-state index in [-0.39, 0.29) is 12.6 Å². The van der Waals surface area contributed by atoms with Crippen LogP contribution >= 0.6 is 31.9 Å². The molecule has 0 spiro atoms. The van der Waals surface area contributed by atoms with E-state index in [1.807, 2.05) is 30.3 Å². The fraction of sp³-hybridized carbons (Fsp3) is 0.154. The lowest BCUT2D eigenvalue weighted by atomic mass is 10.1. The molecular weight excluding hydrogens is 388 g/mol. The van der Waals surface area contributed by atoms with Crippen LogP contribution in [-0.2, 0) is 0 Å². The second-order valence-corrected chi connectivity index (χ2v) is 5.96. The van der Waals surface area contributed by atoms with Crippen molar-refractivity contribution >= 4 is 43.4 Å². The van der Waals surface area contributed by atoms with Crippen LogP contribution in [0.15, 0.2) is 45.5 Å². The molecule has 7 heteroatoms. The van der Waals surface area contributed by atoms with E-state index in [1.54, 1.807) is 6.20 Å². The maximum Gasteiger partial charge on any atom is 0.130 e. The topological polar surface area (TPSA) is 83.2 Å². The lowest BCUT2D eigenvalue weighted by Gasteiger charge is -2.12. The molecule has 1 aromatic heterocycles. The van der Waals surface area contributed by atoms with Crippen molar-refractivity contribution in [2.24, 2.45) is 5.73 Å². The van der Waals surface area contributed by atoms with Crippen LogP contribution in [0, 0.1) is 0 Å². The van der Waals surface area contributed by atoms with E-state index in [9.17, 15) is 0 Å². The number of pyridine rings is 1. The molecule has 106 valence electrons. The quantitative estimate of drug-likeness (QED) is 0.577. The summed E-state index contributed by atoms with van der Waals surface area (Å²) in [4.78, 5) is 4.31. The number of aromatic nitrogens is 1. The van der Waals surface area contributed by atoms with Gasteiger partial charge in [0.25, 0.3) is 0 Å². The molecule has 0 radical (unpaired) electrons. The molecule has 0 amide bonds. The molecule has 2 rings (SSSR count). The minimum atomic E-state index is -0.292. The summed E-state index contributed by atoms with van der Waals surface area (Å²) in [5.74, 6) is 0.719. The summed E-state index contributed by atoms with van der Waals surface area (Å²) >= 11 is 6.91. The first-order valence-electron chi connectivity index (χ1n) is 5.90. The Morgan fingerprint density at radius 3 is 2.70 bits per heavy atom. The average Bonchev–Trinajstić information content (AvgIpc) is 2.44. The molecule has 1 heterocycles. The van der Waals surface area contributed by atoms with Gasteiger partial charge in [0, 0.05) is 27.7 Å². The van der Waals surface area contributed by atoms with Gasteiger partial charge >= 0.3 is 0 Å². The van der Waals surface area contributed by atoms with E-state index in [2.05, 4.69) is 47.6 Å². The maximum absolute atomic E-state index is 8.63. The molecule has 5 N–H and O–H groups in total. The lowest BCUT2D eigenvalue weighted by molar-refractivity contribution is 0.160. The summed E-state index contributed by atoms with van der Waals surface area (Å²) in [6, 6.07) is 9.29. The molecule has 5 nitrogen and oxygen atoms in total. The fourth-order valence-corrected chi connectivity index (χ4v) is 2.35. The first-order chi connectivity index (χ1) is 9.60. The highest BCUT2D eigenvalue weighted by Gasteiger charge is 2.07. The van der Waals surface area contributed by atoms with Gasteiger partial charge in [-0.3, -0.25) is 0 Å². The van der Waals surface area contributed by atoms with Crippen molar-refractivity contribution in [2.75, 3.05) is 11.9 Å². The summed E-state index contributed by atoms with van der Waals surface area (Å²) < 4.78 is 1.93. The molecule has 20 heavy (non-hydrogen) atoms. The first kappa shape index (κ1) is 15.4. The third kappa shape index (κ3) is 4.00. The van der Waals surface area contributed by atoms with Crippen LogP contribution in [0.3, 0.4) is 0 Å². The lowest BCUT2D eigenvalue weighted by Crippen LogP contribution is -2.24. The van der Waals surface area contributed by atoms with Gasteiger partial charge in [-0.1, -0.05) is 22.0 Å². The summed E-state index contributed by atoms with van der Waals surface area (Å²) in [6.07, 6.45) is 1.69. The Labute approximate surface area is 133 Å². The molecule has 1 aromatic carbocycles. The van der Waals surface area contributed by atoms with Gasteiger partial charge < -0.3 is 16.3 Å². The average molecular weight is 402 g/mol. The van der Waals surface area contributed by atoms with Gasteiger partial charge in [0.05, 0.1) is 5.69 Å². The van der Waals surface area contributed by atoms with Crippen LogP contribution in [0.25, 0.3) is 0 Å². The Morgan fingerprint density at radius 1 is 1.25 bits per heavy atom. The number of hydrogen-bond acceptors (Lipinski definition) is 5. The summed E-state index contributed by atoms with van der Waals surface area (Å²) in [5.41, 5.74) is 9.68. The highest BCUT2D eigenvalue weighted by Crippen LogP contribution is 2.28. The zero-order valence-electron chi connectivity index (χ0n) is 10.5. The molecule has 2 aromatic rings. The Hall–Kier alpha value is -0.990. The fourth-order valence-electron chi connectivity index (χ4n) is 1.65. The monoisotopic (exact) mass is 400 g/mol. The van der Waals surface area contributed by atoms with Crippen LogP contribution in [0.2, 0.25) is 0 Å². The van der Waals surface area contributed by atoms with E-state index in [1.165, 1.54) is 0 Å². The number of nitrogens with one attached hydrogen (secondary N) is 2. The van der Waals surface area contributed by atoms with Gasteiger partial charge in [-0.2, -0.15) is 0 Å². The van der Waals surface area contributed by atoms with Gasteiger partial charge in [-0.25, -0.2) is 10.5 Å². The van der Waals surface area contributed by atoms with Gasteiger partial charge in [0.1, 0.15) is 5.82 Å². The molecule has 0 aliphatic heterocycles. The van der Waals surface area contributed by atoms with Crippen molar-refractivity contribution in [1.82, 2.24) is 10.5 Å². The second kappa shape index (κ2) is 7.14. The first-order valence-corrected chi connectivity index (χ1v) is 7.49. The Balaban J connectivity index is 2.12. The number of anilines is 2. The van der Waals surface area contributed by atoms with Gasteiger partial charge in [-0.05, 0) is 45.8 Å². The molecule has 0 aliphatic rings. The van der Waals surface area contributed by atoms with E-state index >= 15 is 0 Å². The highest BCUT2D eigenvalue weighted by atomic mass is 79.9. The summed E-state index contributed by atoms with van der Waals surface area (Å²) in [7, 11) is 0. The molecule has 0 saturated heterocycles. The normalized spacial score (nSPS) is 12.2. The number of halogens is 2. The van der Waals surface area contributed by atoms with Crippen molar-refractivity contribution in [3.05, 3.63) is 51.0 Å². The van der Waals surface area contributed by atoms with E-state index in [4.69, 9.17) is 10.9 Å². The number of hydroxylamine groups is 1. The molecule has 0 bridgehead atoms. The van der Waals surface area contributed by atoms with Crippen molar-refractivity contribution in [3.8, 4) is 0 Å². The molecule has 0 aliphatic carbocycles. The van der Waals surface area contributed by atoms with Crippen LogP contribution in [0.4, 0.5) is 11.5 Å². The number of benzene rings is 1. The molecular formula is C13H14Br2N4O. The summed E-state index contributed by atoms with van der Waals surface area (Å²) in [6.45, 7) is 0.283. The van der Waals surface area contributed by atoms with Crippen molar-refractivity contribution in [2.45, 2.75) is 6.04 Å². The Kier molecular flexibility index (Phi) is 5.50. The van der Waals surface area contributed by atoms with Crippen molar-refractivity contribution in [1.29, 1.82) is 0 Å². The predicted octanol–water partition coefficient (Wildman–Crippen LogP) is 3.33. The van der Waals surface area contributed by atoms with Crippen LogP contribution < -0.4 is 16.5 Å². The maximum atomic E-state index is 8.63. The number of nitrogens with zero attached hydrogens (tertiary/aromatic N) is 1. The van der Waals surface area contributed by atoms with E-state index < -0.39 is 0 Å². The SMILES string of the molecule is NC(CNO)c1ccc(Nc2cc(Br)ccc2Br)nc1. The van der Waals surface area contributed by atoms with E-state index in [0.29, 0.717) is 0 Å². The third-order valence-electron chi connectivity index (χ3n) is 2.72. The van der Waals surface area contributed by atoms with E-state index in [0.717, 1.165) is 26.0 Å². The second-order valence-electron chi connectivity index (χ2n) is 4.19. The van der Waals surface area contributed by atoms with Crippen LogP contribution in [-0.4, -0.2) is 16.7 Å². The molecule has 1 atom stereocenters. The zero-order valence-corrected chi connectivity index (χ0v) is 13.6. The molecule has 0 saturated carbocycles.